The molecule has 0 aliphatic carbocycles. The topological polar surface area (TPSA) is 79.9 Å². The number of ether oxygens (including phenoxy) is 2. The van der Waals surface area contributed by atoms with Crippen LogP contribution in [0.3, 0.4) is 0 Å². The van der Waals surface area contributed by atoms with E-state index in [1.165, 1.54) is 17.7 Å². The molecule has 7 nitrogen and oxygen atoms in total. The van der Waals surface area contributed by atoms with E-state index in [9.17, 15) is 14.0 Å². The van der Waals surface area contributed by atoms with Crippen LogP contribution in [0.2, 0.25) is 0 Å². The summed E-state index contributed by atoms with van der Waals surface area (Å²) in [5.41, 5.74) is 1.63. The Hall–Kier alpha value is -3.91. The number of hydrogen-bond acceptors (Lipinski definition) is 5. The predicted octanol–water partition coefficient (Wildman–Crippen LogP) is 4.25. The number of hydrogen-bond donors (Lipinski definition) is 2. The number of nitrogens with one attached hydrogen (secondary N) is 2. The van der Waals surface area contributed by atoms with Gasteiger partial charge in [0.25, 0.3) is 11.8 Å². The Kier molecular flexibility index (Phi) is 8.52. The van der Waals surface area contributed by atoms with Crippen molar-refractivity contribution in [3.05, 3.63) is 89.7 Å². The second kappa shape index (κ2) is 12.2. The van der Waals surface area contributed by atoms with Gasteiger partial charge in [-0.15, -0.1) is 0 Å². The van der Waals surface area contributed by atoms with Crippen molar-refractivity contribution in [2.24, 2.45) is 0 Å². The highest BCUT2D eigenvalue weighted by molar-refractivity contribution is 5.97. The summed E-state index contributed by atoms with van der Waals surface area (Å²) in [7, 11) is 1.66. The number of para-hydroxylation sites is 2. The zero-order valence-corrected chi connectivity index (χ0v) is 20.2. The first-order valence-corrected chi connectivity index (χ1v) is 11.9. The fraction of sp³-hybridized carbons (Fsp3) is 0.286. The van der Waals surface area contributed by atoms with Crippen LogP contribution in [-0.4, -0.2) is 49.6 Å². The molecule has 2 amide bonds. The largest absolute Gasteiger partial charge is 0.497 e. The van der Waals surface area contributed by atoms with Crippen LogP contribution in [-0.2, 0) is 11.3 Å². The smallest absolute Gasteiger partial charge is 0.262 e. The third-order valence-electron chi connectivity index (χ3n) is 6.10. The normalized spacial score (nSPS) is 14.2. The standard InChI is InChI=1S/C28H30FN3O4/c1-35-22-8-6-7-20(17-22)18-32-15-13-21(14-16-32)30-28(34)23-9-2-5-12-26(23)36-19-27(33)31-25-11-4-3-10-24(25)29/h2-12,17,21H,13-16,18-19H2,1H3,(H,30,34)(H,31,33). The van der Waals surface area contributed by atoms with E-state index in [4.69, 9.17) is 9.47 Å². The highest BCUT2D eigenvalue weighted by Gasteiger charge is 2.23. The summed E-state index contributed by atoms with van der Waals surface area (Å²) in [4.78, 5) is 27.6. The van der Waals surface area contributed by atoms with Crippen LogP contribution < -0.4 is 20.1 Å². The number of benzene rings is 3. The van der Waals surface area contributed by atoms with Gasteiger partial charge in [0, 0.05) is 25.7 Å². The first-order valence-electron chi connectivity index (χ1n) is 11.9. The van der Waals surface area contributed by atoms with Crippen molar-refractivity contribution in [2.45, 2.75) is 25.4 Å². The monoisotopic (exact) mass is 491 g/mol. The average Bonchev–Trinajstić information content (AvgIpc) is 2.90. The third kappa shape index (κ3) is 6.82. The lowest BCUT2D eigenvalue weighted by atomic mass is 10.0. The molecule has 0 atom stereocenters. The van der Waals surface area contributed by atoms with Gasteiger partial charge in [0.15, 0.2) is 6.61 Å². The number of carbonyl (C=O) groups is 2. The number of carbonyl (C=O) groups excluding carboxylic acids is 2. The SMILES string of the molecule is COc1cccc(CN2CCC(NC(=O)c3ccccc3OCC(=O)Nc3ccccc3F)CC2)c1. The number of rotatable bonds is 9. The zero-order valence-electron chi connectivity index (χ0n) is 20.2. The fourth-order valence-corrected chi connectivity index (χ4v) is 4.20. The molecule has 36 heavy (non-hydrogen) atoms. The van der Waals surface area contributed by atoms with Crippen molar-refractivity contribution < 1.29 is 23.5 Å². The lowest BCUT2D eigenvalue weighted by Crippen LogP contribution is -2.44. The molecule has 3 aromatic carbocycles. The number of likely N-dealkylation sites (tertiary alicyclic amines) is 1. The van der Waals surface area contributed by atoms with Gasteiger partial charge in [0.1, 0.15) is 17.3 Å². The van der Waals surface area contributed by atoms with Gasteiger partial charge in [-0.1, -0.05) is 36.4 Å². The van der Waals surface area contributed by atoms with Crippen molar-refractivity contribution >= 4 is 17.5 Å². The molecule has 0 aromatic heterocycles. The molecule has 0 unspecified atom stereocenters. The van der Waals surface area contributed by atoms with Crippen LogP contribution in [0.25, 0.3) is 0 Å². The summed E-state index contributed by atoms with van der Waals surface area (Å²) >= 11 is 0. The molecule has 1 saturated heterocycles. The third-order valence-corrected chi connectivity index (χ3v) is 6.10. The number of anilines is 1. The predicted molar refractivity (Wildman–Crippen MR) is 136 cm³/mol. The molecule has 2 N–H and O–H groups in total. The number of nitrogens with zero attached hydrogens (tertiary/aromatic N) is 1. The van der Waals surface area contributed by atoms with E-state index in [1.807, 2.05) is 18.2 Å². The number of halogens is 1. The van der Waals surface area contributed by atoms with E-state index in [0.29, 0.717) is 11.3 Å². The molecule has 1 heterocycles. The highest BCUT2D eigenvalue weighted by Crippen LogP contribution is 2.21. The van der Waals surface area contributed by atoms with E-state index in [1.54, 1.807) is 43.5 Å². The van der Waals surface area contributed by atoms with Gasteiger partial charge in [-0.25, -0.2) is 4.39 Å². The van der Waals surface area contributed by atoms with E-state index in [2.05, 4.69) is 21.6 Å². The zero-order chi connectivity index (χ0) is 25.3. The maximum Gasteiger partial charge on any atom is 0.262 e. The molecule has 1 fully saturated rings. The lowest BCUT2D eigenvalue weighted by molar-refractivity contribution is -0.118. The van der Waals surface area contributed by atoms with Gasteiger partial charge < -0.3 is 20.1 Å². The molecule has 3 aromatic rings. The van der Waals surface area contributed by atoms with Crippen molar-refractivity contribution in [1.82, 2.24) is 10.2 Å². The maximum absolute atomic E-state index is 13.8. The van der Waals surface area contributed by atoms with Crippen LogP contribution >= 0.6 is 0 Å². The van der Waals surface area contributed by atoms with Gasteiger partial charge in [-0.05, 0) is 54.8 Å². The molecule has 4 rings (SSSR count). The summed E-state index contributed by atoms with van der Waals surface area (Å²) in [6.07, 6.45) is 1.67. The minimum atomic E-state index is -0.528. The summed E-state index contributed by atoms with van der Waals surface area (Å²) in [6, 6.07) is 20.8. The molecule has 8 heteroatoms. The number of methoxy groups -OCH3 is 1. The first kappa shape index (κ1) is 25.2. The van der Waals surface area contributed by atoms with Gasteiger partial charge in [0.05, 0.1) is 18.4 Å². The van der Waals surface area contributed by atoms with Gasteiger partial charge in [-0.2, -0.15) is 0 Å². The Balaban J connectivity index is 1.27. The fourth-order valence-electron chi connectivity index (χ4n) is 4.20. The Morgan fingerprint density at radius 1 is 1.00 bits per heavy atom. The molecule has 188 valence electrons. The molecular weight excluding hydrogens is 461 g/mol. The highest BCUT2D eigenvalue weighted by atomic mass is 19.1. The van der Waals surface area contributed by atoms with E-state index in [-0.39, 0.29) is 24.2 Å². The van der Waals surface area contributed by atoms with E-state index < -0.39 is 11.7 Å². The van der Waals surface area contributed by atoms with Crippen LogP contribution in [0.5, 0.6) is 11.5 Å². The minimum Gasteiger partial charge on any atom is -0.497 e. The summed E-state index contributed by atoms with van der Waals surface area (Å²) < 4.78 is 24.7. The first-order chi connectivity index (χ1) is 17.5. The molecule has 0 bridgehead atoms. The number of piperidine rings is 1. The van der Waals surface area contributed by atoms with E-state index >= 15 is 0 Å². The van der Waals surface area contributed by atoms with Crippen molar-refractivity contribution in [1.29, 1.82) is 0 Å². The quantitative estimate of drug-likeness (QED) is 0.468. The molecular formula is C28H30FN3O4. The average molecular weight is 492 g/mol. The lowest BCUT2D eigenvalue weighted by Gasteiger charge is -2.32. The maximum atomic E-state index is 13.8. The Labute approximate surface area is 210 Å². The second-order valence-corrected chi connectivity index (χ2v) is 8.69. The van der Waals surface area contributed by atoms with Crippen LogP contribution in [0, 0.1) is 5.82 Å². The van der Waals surface area contributed by atoms with E-state index in [0.717, 1.165) is 38.2 Å². The van der Waals surface area contributed by atoms with Crippen LogP contribution in [0.4, 0.5) is 10.1 Å². The molecule has 1 aliphatic rings. The minimum absolute atomic E-state index is 0.0523. The molecule has 0 saturated carbocycles. The molecule has 0 spiro atoms. The van der Waals surface area contributed by atoms with Gasteiger partial charge in [-0.3, -0.25) is 14.5 Å². The molecule has 0 radical (unpaired) electrons. The van der Waals surface area contributed by atoms with Crippen molar-refractivity contribution in [3.63, 3.8) is 0 Å². The van der Waals surface area contributed by atoms with Crippen LogP contribution in [0.1, 0.15) is 28.8 Å². The van der Waals surface area contributed by atoms with Gasteiger partial charge >= 0.3 is 0 Å². The Morgan fingerprint density at radius 3 is 2.53 bits per heavy atom. The van der Waals surface area contributed by atoms with Crippen LogP contribution in [0.15, 0.2) is 72.8 Å². The van der Waals surface area contributed by atoms with Crippen molar-refractivity contribution in [2.75, 3.05) is 32.1 Å². The number of amides is 2. The summed E-state index contributed by atoms with van der Waals surface area (Å²) in [5, 5.41) is 5.57. The van der Waals surface area contributed by atoms with Gasteiger partial charge in [0.2, 0.25) is 0 Å². The Morgan fingerprint density at radius 2 is 1.75 bits per heavy atom. The summed E-state index contributed by atoms with van der Waals surface area (Å²) in [5.74, 6) is -0.139. The van der Waals surface area contributed by atoms with Crippen molar-refractivity contribution in [3.8, 4) is 11.5 Å². The molecule has 1 aliphatic heterocycles. The Bertz CT molecular complexity index is 1190. The summed E-state index contributed by atoms with van der Waals surface area (Å²) in [6.45, 7) is 2.23. The second-order valence-electron chi connectivity index (χ2n) is 8.69.